The molecule has 0 spiro atoms. The van der Waals surface area contributed by atoms with Gasteiger partial charge in [0.1, 0.15) is 19.8 Å². The highest BCUT2D eigenvalue weighted by Gasteiger charge is 2.27. The van der Waals surface area contributed by atoms with E-state index in [1.54, 1.807) is 0 Å². The minimum Gasteiger partial charge on any atom is -0.462 e. The van der Waals surface area contributed by atoms with Gasteiger partial charge in [-0.15, -0.1) is 0 Å². The first-order valence-corrected chi connectivity index (χ1v) is 24.0. The molecule has 0 saturated heterocycles. The number of phosphoric acid groups is 1. The van der Waals surface area contributed by atoms with E-state index in [-0.39, 0.29) is 32.0 Å². The number of hydrogen-bond acceptors (Lipinski definition) is 7. The summed E-state index contributed by atoms with van der Waals surface area (Å²) in [6, 6.07) is 0. The van der Waals surface area contributed by atoms with E-state index in [2.05, 4.69) is 62.5 Å². The van der Waals surface area contributed by atoms with E-state index in [9.17, 15) is 19.0 Å². The minimum atomic E-state index is -4.39. The van der Waals surface area contributed by atoms with Crippen LogP contribution in [0, 0.1) is 0 Å². The zero-order valence-corrected chi connectivity index (χ0v) is 38.0. The molecule has 0 aliphatic carbocycles. The standard InChI is InChI=1S/C47H84NO8P/c1-6-8-10-12-14-16-18-20-21-22-23-24-25-26-28-29-31-33-35-37-39-46(49)53-43-45(44-55-57(51,52)54-42-41-48(3,4)5)56-47(50)40-38-36-34-32-30-27-19-17-15-13-11-9-7-2/h8,10,14,16,20-21,27,30,34,36,45H,6-7,9,11-13,15,17-19,22-26,28-29,31-33,35,37-44H2,1-5H3/p+1/b10-8+,16-14+,21-20+,30-27+,36-34+. The number of carbonyl (C=O) groups excluding carboxylic acids is 2. The zero-order chi connectivity index (χ0) is 42.1. The topological polar surface area (TPSA) is 108 Å². The Morgan fingerprint density at radius 1 is 0.561 bits per heavy atom. The molecule has 2 unspecified atom stereocenters. The van der Waals surface area contributed by atoms with Gasteiger partial charge in [-0.05, 0) is 64.2 Å². The van der Waals surface area contributed by atoms with Crippen LogP contribution in [-0.2, 0) is 32.7 Å². The molecule has 0 aromatic heterocycles. The van der Waals surface area contributed by atoms with E-state index in [0.717, 1.165) is 57.8 Å². The van der Waals surface area contributed by atoms with Crippen molar-refractivity contribution in [2.75, 3.05) is 47.5 Å². The molecule has 0 fully saturated rings. The van der Waals surface area contributed by atoms with Crippen LogP contribution >= 0.6 is 7.82 Å². The molecule has 9 nitrogen and oxygen atoms in total. The van der Waals surface area contributed by atoms with Crippen LogP contribution in [0.3, 0.4) is 0 Å². The summed E-state index contributed by atoms with van der Waals surface area (Å²) in [5.41, 5.74) is 0. The Bertz CT molecular complexity index is 1160. The van der Waals surface area contributed by atoms with Crippen molar-refractivity contribution in [2.24, 2.45) is 0 Å². The van der Waals surface area contributed by atoms with Crippen molar-refractivity contribution >= 4 is 19.8 Å². The highest BCUT2D eigenvalue weighted by atomic mass is 31.2. The predicted molar refractivity (Wildman–Crippen MR) is 238 cm³/mol. The second-order valence-electron chi connectivity index (χ2n) is 16.0. The van der Waals surface area contributed by atoms with Gasteiger partial charge in [-0.25, -0.2) is 4.57 Å². The predicted octanol–water partition coefficient (Wildman–Crippen LogP) is 12.9. The van der Waals surface area contributed by atoms with Crippen LogP contribution in [0.25, 0.3) is 0 Å². The van der Waals surface area contributed by atoms with Crippen molar-refractivity contribution in [1.82, 2.24) is 0 Å². The fraction of sp³-hybridized carbons (Fsp3) is 0.745. The van der Waals surface area contributed by atoms with Gasteiger partial charge in [-0.3, -0.25) is 18.6 Å². The third kappa shape index (κ3) is 43.1. The second-order valence-corrected chi connectivity index (χ2v) is 17.5. The summed E-state index contributed by atoms with van der Waals surface area (Å²) in [5.74, 6) is -0.884. The van der Waals surface area contributed by atoms with Crippen molar-refractivity contribution in [2.45, 2.75) is 180 Å². The van der Waals surface area contributed by atoms with Crippen molar-refractivity contribution < 1.29 is 42.1 Å². The largest absolute Gasteiger partial charge is 0.472 e. The summed E-state index contributed by atoms with van der Waals surface area (Å²) >= 11 is 0. The molecule has 0 heterocycles. The van der Waals surface area contributed by atoms with Crippen molar-refractivity contribution in [1.29, 1.82) is 0 Å². The maximum Gasteiger partial charge on any atom is 0.472 e. The lowest BCUT2D eigenvalue weighted by Crippen LogP contribution is -2.37. The van der Waals surface area contributed by atoms with E-state index in [1.165, 1.54) is 83.5 Å². The molecule has 0 aliphatic heterocycles. The number of phosphoric ester groups is 1. The molecule has 0 saturated carbocycles. The lowest BCUT2D eigenvalue weighted by molar-refractivity contribution is -0.870. The van der Waals surface area contributed by atoms with Crippen molar-refractivity contribution in [3.05, 3.63) is 60.8 Å². The normalized spacial score (nSPS) is 14.1. The van der Waals surface area contributed by atoms with Gasteiger partial charge < -0.3 is 18.9 Å². The summed E-state index contributed by atoms with van der Waals surface area (Å²) < 4.78 is 34.2. The third-order valence-electron chi connectivity index (χ3n) is 9.30. The van der Waals surface area contributed by atoms with E-state index in [1.807, 2.05) is 33.3 Å². The first-order valence-electron chi connectivity index (χ1n) is 22.5. The second kappa shape index (κ2) is 39.2. The summed E-state index contributed by atoms with van der Waals surface area (Å²) in [6.07, 6.45) is 47.2. The van der Waals surface area contributed by atoms with Gasteiger partial charge >= 0.3 is 19.8 Å². The summed E-state index contributed by atoms with van der Waals surface area (Å²) in [5, 5.41) is 0. The molecule has 0 aromatic carbocycles. The molecule has 2 atom stereocenters. The number of quaternary nitrogens is 1. The first-order chi connectivity index (χ1) is 27.5. The maximum atomic E-state index is 12.6. The molecule has 0 amide bonds. The SMILES string of the molecule is CC/C=C/C/C=C/C/C=C/CCCCCCCCCCCCC(=O)OCC(COP(=O)(O)OCC[N+](C)(C)C)OC(=O)CC/C=C/C/C=C/CCCCCCCC. The van der Waals surface area contributed by atoms with Crippen LogP contribution in [-0.4, -0.2) is 74.9 Å². The molecule has 330 valence electrons. The van der Waals surface area contributed by atoms with Gasteiger partial charge in [0, 0.05) is 12.8 Å². The van der Waals surface area contributed by atoms with Crippen molar-refractivity contribution in [3.63, 3.8) is 0 Å². The summed E-state index contributed by atoms with van der Waals surface area (Å²) in [4.78, 5) is 35.3. The zero-order valence-electron chi connectivity index (χ0n) is 37.1. The number of ether oxygens (including phenoxy) is 2. The third-order valence-corrected chi connectivity index (χ3v) is 10.3. The highest BCUT2D eigenvalue weighted by Crippen LogP contribution is 2.43. The summed E-state index contributed by atoms with van der Waals surface area (Å²) in [7, 11) is 1.44. The minimum absolute atomic E-state index is 0.0198. The molecule has 0 radical (unpaired) electrons. The number of esters is 2. The fourth-order valence-electron chi connectivity index (χ4n) is 5.79. The van der Waals surface area contributed by atoms with Crippen LogP contribution in [0.4, 0.5) is 0 Å². The lowest BCUT2D eigenvalue weighted by Gasteiger charge is -2.24. The molecule has 57 heavy (non-hydrogen) atoms. The highest BCUT2D eigenvalue weighted by molar-refractivity contribution is 7.47. The van der Waals surface area contributed by atoms with E-state index in [4.69, 9.17) is 18.5 Å². The molecule has 0 aromatic rings. The van der Waals surface area contributed by atoms with E-state index < -0.39 is 26.5 Å². The number of carbonyl (C=O) groups is 2. The molecule has 0 rings (SSSR count). The quantitative estimate of drug-likeness (QED) is 0.0214. The van der Waals surface area contributed by atoms with E-state index >= 15 is 0 Å². The van der Waals surface area contributed by atoms with Crippen LogP contribution in [0.15, 0.2) is 60.8 Å². The molecular formula is C47H85NO8P+. The number of nitrogens with zero attached hydrogens (tertiary/aromatic N) is 1. The van der Waals surface area contributed by atoms with Gasteiger partial charge in [0.05, 0.1) is 27.7 Å². The number of allylic oxidation sites excluding steroid dienone is 10. The molecule has 10 heteroatoms. The molecule has 0 bridgehead atoms. The molecule has 1 N–H and O–H groups in total. The molecule has 0 aliphatic rings. The van der Waals surface area contributed by atoms with Crippen LogP contribution in [0.2, 0.25) is 0 Å². The van der Waals surface area contributed by atoms with Gasteiger partial charge in [0.15, 0.2) is 6.10 Å². The smallest absolute Gasteiger partial charge is 0.462 e. The Labute approximate surface area is 349 Å². The summed E-state index contributed by atoms with van der Waals surface area (Å²) in [6.45, 7) is 4.22. The lowest BCUT2D eigenvalue weighted by atomic mass is 10.1. The van der Waals surface area contributed by atoms with Crippen LogP contribution in [0.5, 0.6) is 0 Å². The maximum absolute atomic E-state index is 12.6. The average molecular weight is 823 g/mol. The van der Waals surface area contributed by atoms with Gasteiger partial charge in [-0.1, -0.05) is 158 Å². The Kier molecular flexibility index (Phi) is 37.6. The Balaban J connectivity index is 4.36. The van der Waals surface area contributed by atoms with Gasteiger partial charge in [-0.2, -0.15) is 0 Å². The first kappa shape index (κ1) is 54.7. The Hall–Kier alpha value is -2.29. The Morgan fingerprint density at radius 2 is 1.04 bits per heavy atom. The van der Waals surface area contributed by atoms with Gasteiger partial charge in [0.2, 0.25) is 0 Å². The fourth-order valence-corrected chi connectivity index (χ4v) is 6.53. The van der Waals surface area contributed by atoms with Crippen molar-refractivity contribution in [3.8, 4) is 0 Å². The average Bonchev–Trinajstić information content (AvgIpc) is 3.16. The number of rotatable bonds is 40. The van der Waals surface area contributed by atoms with Gasteiger partial charge in [0.25, 0.3) is 0 Å². The number of unbranched alkanes of at least 4 members (excludes halogenated alkanes) is 16. The van der Waals surface area contributed by atoms with E-state index in [0.29, 0.717) is 17.4 Å². The number of likely N-dealkylation sites (N-methyl/N-ethyl adjacent to an activating group) is 1. The Morgan fingerprint density at radius 3 is 1.56 bits per heavy atom. The monoisotopic (exact) mass is 823 g/mol. The van der Waals surface area contributed by atoms with Crippen LogP contribution in [0.1, 0.15) is 174 Å². The van der Waals surface area contributed by atoms with Crippen LogP contribution < -0.4 is 0 Å². The number of hydrogen-bond donors (Lipinski definition) is 1. The molecular weight excluding hydrogens is 737 g/mol.